The Morgan fingerprint density at radius 3 is 2.67 bits per heavy atom. The van der Waals surface area contributed by atoms with Crippen LogP contribution in [-0.4, -0.2) is 17.2 Å². The van der Waals surface area contributed by atoms with Gasteiger partial charge in [0, 0.05) is 5.56 Å². The predicted octanol–water partition coefficient (Wildman–Crippen LogP) is 1.60. The molecule has 0 amide bonds. The molecule has 2 aromatic rings. The molecule has 1 aromatic heterocycles. The molecule has 0 radical (unpaired) electrons. The smallest absolute Gasteiger partial charge is 0.247 e. The van der Waals surface area contributed by atoms with E-state index in [9.17, 15) is 4.39 Å². The van der Waals surface area contributed by atoms with Gasteiger partial charge in [-0.05, 0) is 31.3 Å². The monoisotopic (exact) mass is 207 g/mol. The summed E-state index contributed by atoms with van der Waals surface area (Å²) in [6, 6.07) is 5.92. The number of rotatable bonds is 3. The zero-order chi connectivity index (χ0) is 10.7. The first-order chi connectivity index (χ1) is 7.29. The molecule has 1 N–H and O–H groups in total. The zero-order valence-electron chi connectivity index (χ0n) is 8.20. The molecule has 78 valence electrons. The molecule has 2 rings (SSSR count). The van der Waals surface area contributed by atoms with E-state index in [2.05, 4.69) is 15.5 Å². The van der Waals surface area contributed by atoms with E-state index >= 15 is 0 Å². The zero-order valence-corrected chi connectivity index (χ0v) is 8.20. The van der Waals surface area contributed by atoms with Crippen molar-refractivity contribution in [1.82, 2.24) is 15.5 Å². The van der Waals surface area contributed by atoms with E-state index in [0.717, 1.165) is 0 Å². The van der Waals surface area contributed by atoms with E-state index in [0.29, 0.717) is 23.9 Å². The van der Waals surface area contributed by atoms with Crippen LogP contribution in [0, 0.1) is 5.82 Å². The topological polar surface area (TPSA) is 51.0 Å². The Kier molecular flexibility index (Phi) is 2.73. The first-order valence-electron chi connectivity index (χ1n) is 4.52. The fraction of sp³-hybridized carbons (Fsp3) is 0.200. The van der Waals surface area contributed by atoms with Gasteiger partial charge >= 0.3 is 0 Å². The maximum absolute atomic E-state index is 12.7. The van der Waals surface area contributed by atoms with Crippen LogP contribution in [0.15, 0.2) is 28.7 Å². The Morgan fingerprint density at radius 1 is 1.27 bits per heavy atom. The number of nitrogens with zero attached hydrogens (tertiary/aromatic N) is 2. The van der Waals surface area contributed by atoms with Crippen molar-refractivity contribution < 1.29 is 8.81 Å². The van der Waals surface area contributed by atoms with Crippen molar-refractivity contribution in [1.29, 1.82) is 0 Å². The molecule has 0 bridgehead atoms. The Morgan fingerprint density at radius 2 is 2.00 bits per heavy atom. The van der Waals surface area contributed by atoms with Gasteiger partial charge in [-0.1, -0.05) is 0 Å². The molecular weight excluding hydrogens is 197 g/mol. The van der Waals surface area contributed by atoms with E-state index in [-0.39, 0.29) is 5.82 Å². The summed E-state index contributed by atoms with van der Waals surface area (Å²) >= 11 is 0. The van der Waals surface area contributed by atoms with Crippen molar-refractivity contribution in [2.75, 3.05) is 7.05 Å². The SMILES string of the molecule is CNCc1nnc(-c2ccc(F)cc2)o1. The fourth-order valence-corrected chi connectivity index (χ4v) is 1.19. The number of benzene rings is 1. The maximum Gasteiger partial charge on any atom is 0.247 e. The Labute approximate surface area is 86.1 Å². The molecule has 5 heteroatoms. The standard InChI is InChI=1S/C10H10FN3O/c1-12-6-9-13-14-10(15-9)7-2-4-8(11)5-3-7/h2-5,12H,6H2,1H3. The van der Waals surface area contributed by atoms with Gasteiger partial charge in [-0.2, -0.15) is 0 Å². The Bertz CT molecular complexity index is 438. The third kappa shape index (κ3) is 2.19. The van der Waals surface area contributed by atoms with Crippen LogP contribution in [0.2, 0.25) is 0 Å². The van der Waals surface area contributed by atoms with Crippen molar-refractivity contribution >= 4 is 0 Å². The highest BCUT2D eigenvalue weighted by atomic mass is 19.1. The van der Waals surface area contributed by atoms with Crippen molar-refractivity contribution in [3.63, 3.8) is 0 Å². The van der Waals surface area contributed by atoms with Crippen LogP contribution in [0.25, 0.3) is 11.5 Å². The van der Waals surface area contributed by atoms with Gasteiger partial charge in [0.15, 0.2) is 0 Å². The van der Waals surface area contributed by atoms with Crippen LogP contribution in [0.3, 0.4) is 0 Å². The van der Waals surface area contributed by atoms with Gasteiger partial charge in [-0.3, -0.25) is 0 Å². The third-order valence-electron chi connectivity index (χ3n) is 1.89. The lowest BCUT2D eigenvalue weighted by Crippen LogP contribution is -2.04. The van der Waals surface area contributed by atoms with Crippen LogP contribution in [0.1, 0.15) is 5.89 Å². The summed E-state index contributed by atoms with van der Waals surface area (Å²) < 4.78 is 18.0. The molecule has 4 nitrogen and oxygen atoms in total. The molecule has 0 aliphatic carbocycles. The van der Waals surface area contributed by atoms with Crippen LogP contribution in [-0.2, 0) is 6.54 Å². The van der Waals surface area contributed by atoms with Gasteiger partial charge in [0.25, 0.3) is 0 Å². The molecule has 15 heavy (non-hydrogen) atoms. The summed E-state index contributed by atoms with van der Waals surface area (Å²) in [4.78, 5) is 0. The molecule has 0 aliphatic rings. The van der Waals surface area contributed by atoms with E-state index in [1.807, 2.05) is 0 Å². The summed E-state index contributed by atoms with van der Waals surface area (Å²) in [6.07, 6.45) is 0. The Hall–Kier alpha value is -1.75. The first kappa shape index (κ1) is 9.79. The van der Waals surface area contributed by atoms with Crippen molar-refractivity contribution in [2.45, 2.75) is 6.54 Å². The third-order valence-corrected chi connectivity index (χ3v) is 1.89. The molecule has 0 saturated heterocycles. The molecule has 0 spiro atoms. The van der Waals surface area contributed by atoms with Crippen molar-refractivity contribution in [3.05, 3.63) is 36.0 Å². The van der Waals surface area contributed by atoms with Gasteiger partial charge in [0.2, 0.25) is 11.8 Å². The largest absolute Gasteiger partial charge is 0.419 e. The second kappa shape index (κ2) is 4.18. The number of aromatic nitrogens is 2. The average molecular weight is 207 g/mol. The number of halogens is 1. The molecule has 1 heterocycles. The number of nitrogens with one attached hydrogen (secondary N) is 1. The molecule has 1 aromatic carbocycles. The van der Waals surface area contributed by atoms with Crippen molar-refractivity contribution in [3.8, 4) is 11.5 Å². The first-order valence-corrected chi connectivity index (χ1v) is 4.52. The minimum absolute atomic E-state index is 0.284. The molecule has 0 saturated carbocycles. The van der Waals surface area contributed by atoms with E-state index in [1.54, 1.807) is 19.2 Å². The molecule has 0 atom stereocenters. The van der Waals surface area contributed by atoms with E-state index in [4.69, 9.17) is 4.42 Å². The summed E-state index contributed by atoms with van der Waals surface area (Å²) in [5.74, 6) is 0.630. The Balaban J connectivity index is 2.25. The van der Waals surface area contributed by atoms with Crippen LogP contribution in [0.4, 0.5) is 4.39 Å². The highest BCUT2D eigenvalue weighted by Crippen LogP contribution is 2.17. The minimum Gasteiger partial charge on any atom is -0.419 e. The molecule has 0 aliphatic heterocycles. The summed E-state index contributed by atoms with van der Waals surface area (Å²) in [7, 11) is 1.79. The summed E-state index contributed by atoms with van der Waals surface area (Å²) in [5, 5.41) is 10.6. The highest BCUT2D eigenvalue weighted by Gasteiger charge is 2.07. The lowest BCUT2D eigenvalue weighted by atomic mass is 10.2. The van der Waals surface area contributed by atoms with Gasteiger partial charge in [-0.15, -0.1) is 10.2 Å². The summed E-state index contributed by atoms with van der Waals surface area (Å²) in [5.41, 5.74) is 0.714. The van der Waals surface area contributed by atoms with Crippen LogP contribution in [0.5, 0.6) is 0 Å². The summed E-state index contributed by atoms with van der Waals surface area (Å²) in [6.45, 7) is 0.522. The predicted molar refractivity (Wildman–Crippen MR) is 52.5 cm³/mol. The molecular formula is C10H10FN3O. The quantitative estimate of drug-likeness (QED) is 0.830. The fourth-order valence-electron chi connectivity index (χ4n) is 1.19. The van der Waals surface area contributed by atoms with E-state index < -0.39 is 0 Å². The van der Waals surface area contributed by atoms with Crippen molar-refractivity contribution in [2.24, 2.45) is 0 Å². The van der Waals surface area contributed by atoms with Gasteiger partial charge < -0.3 is 9.73 Å². The van der Waals surface area contributed by atoms with Gasteiger partial charge in [0.1, 0.15) is 5.82 Å². The lowest BCUT2D eigenvalue weighted by molar-refractivity contribution is 0.490. The maximum atomic E-state index is 12.7. The normalized spacial score (nSPS) is 10.5. The van der Waals surface area contributed by atoms with E-state index in [1.165, 1.54) is 12.1 Å². The van der Waals surface area contributed by atoms with Crippen LogP contribution >= 0.6 is 0 Å². The van der Waals surface area contributed by atoms with Gasteiger partial charge in [-0.25, -0.2) is 4.39 Å². The highest BCUT2D eigenvalue weighted by molar-refractivity contribution is 5.51. The molecule has 0 unspecified atom stereocenters. The second-order valence-corrected chi connectivity index (χ2v) is 3.04. The minimum atomic E-state index is -0.284. The van der Waals surface area contributed by atoms with Crippen LogP contribution < -0.4 is 5.32 Å². The average Bonchev–Trinajstić information content (AvgIpc) is 2.68. The van der Waals surface area contributed by atoms with Gasteiger partial charge in [0.05, 0.1) is 6.54 Å². The second-order valence-electron chi connectivity index (χ2n) is 3.04. The number of hydrogen-bond donors (Lipinski definition) is 1. The molecule has 0 fully saturated rings. The number of hydrogen-bond acceptors (Lipinski definition) is 4. The lowest BCUT2D eigenvalue weighted by Gasteiger charge is -1.93.